The van der Waals surface area contributed by atoms with Gasteiger partial charge in [-0.15, -0.1) is 0 Å². The standard InChI is InChI=1S/C26H38N2O5Si/c1-25(2,3)32-24(30)28-22(23(29)31-18-19-12-10-9-11-13-19)16-20-14-15-21(17-27-20)33-34(7,8)26(4,5)6/h9-15,17,22H,16,18H2,1-8H3,(H,28,30)/t22-/m0/s1. The van der Waals surface area contributed by atoms with Crippen LogP contribution in [0.4, 0.5) is 4.79 Å². The Balaban J connectivity index is 2.11. The highest BCUT2D eigenvalue weighted by Crippen LogP contribution is 2.37. The Labute approximate surface area is 204 Å². The lowest BCUT2D eigenvalue weighted by Gasteiger charge is -2.36. The highest BCUT2D eigenvalue weighted by Gasteiger charge is 2.39. The maximum atomic E-state index is 12.8. The smallest absolute Gasteiger partial charge is 0.408 e. The van der Waals surface area contributed by atoms with Gasteiger partial charge in [0.05, 0.1) is 6.20 Å². The molecular formula is C26H38N2O5Si. The topological polar surface area (TPSA) is 86.8 Å². The number of benzene rings is 1. The summed E-state index contributed by atoms with van der Waals surface area (Å²) < 4.78 is 17.1. The largest absolute Gasteiger partial charge is 0.542 e. The van der Waals surface area contributed by atoms with Crippen LogP contribution < -0.4 is 9.74 Å². The molecule has 34 heavy (non-hydrogen) atoms. The number of nitrogens with one attached hydrogen (secondary N) is 1. The Morgan fingerprint density at radius 1 is 1.00 bits per heavy atom. The molecule has 0 spiro atoms. The molecule has 2 aromatic rings. The summed E-state index contributed by atoms with van der Waals surface area (Å²) >= 11 is 0. The molecule has 0 bridgehead atoms. The number of nitrogens with zero attached hydrogens (tertiary/aromatic N) is 1. The molecule has 0 unspecified atom stereocenters. The third-order valence-corrected chi connectivity index (χ3v) is 9.95. The number of ether oxygens (including phenoxy) is 2. The second kappa shape index (κ2) is 11.0. The van der Waals surface area contributed by atoms with E-state index in [4.69, 9.17) is 13.9 Å². The van der Waals surface area contributed by atoms with Gasteiger partial charge in [0, 0.05) is 12.1 Å². The molecule has 0 saturated carbocycles. The maximum Gasteiger partial charge on any atom is 0.408 e. The van der Waals surface area contributed by atoms with E-state index in [0.717, 1.165) is 5.56 Å². The quantitative estimate of drug-likeness (QED) is 0.383. The van der Waals surface area contributed by atoms with Crippen LogP contribution in [0.15, 0.2) is 48.7 Å². The van der Waals surface area contributed by atoms with Crippen LogP contribution in [0.2, 0.25) is 18.1 Å². The minimum atomic E-state index is -1.99. The molecule has 1 amide bonds. The summed E-state index contributed by atoms with van der Waals surface area (Å²) in [7, 11) is -1.99. The fourth-order valence-corrected chi connectivity index (χ4v) is 3.74. The van der Waals surface area contributed by atoms with Crippen LogP contribution in [-0.4, -0.2) is 37.0 Å². The number of hydrogen-bond donors (Lipinski definition) is 1. The number of aromatic nitrogens is 1. The van der Waals surface area contributed by atoms with Gasteiger partial charge in [-0.05, 0) is 56.6 Å². The Morgan fingerprint density at radius 3 is 2.18 bits per heavy atom. The van der Waals surface area contributed by atoms with Crippen molar-refractivity contribution in [3.8, 4) is 5.75 Å². The first-order chi connectivity index (χ1) is 15.7. The lowest BCUT2D eigenvalue weighted by atomic mass is 10.1. The Kier molecular flexibility index (Phi) is 8.88. The fourth-order valence-electron chi connectivity index (χ4n) is 2.72. The van der Waals surface area contributed by atoms with Gasteiger partial charge in [-0.2, -0.15) is 0 Å². The van der Waals surface area contributed by atoms with Gasteiger partial charge in [0.1, 0.15) is 24.0 Å². The van der Waals surface area contributed by atoms with Crippen LogP contribution in [0, 0.1) is 0 Å². The minimum absolute atomic E-state index is 0.0661. The Bertz CT molecular complexity index is 948. The van der Waals surface area contributed by atoms with Crippen molar-refractivity contribution < 1.29 is 23.5 Å². The van der Waals surface area contributed by atoms with Crippen molar-refractivity contribution in [1.29, 1.82) is 0 Å². The number of alkyl carbamates (subject to hydrolysis) is 1. The highest BCUT2D eigenvalue weighted by molar-refractivity contribution is 6.74. The minimum Gasteiger partial charge on any atom is -0.542 e. The number of carbonyl (C=O) groups is 2. The van der Waals surface area contributed by atoms with E-state index in [0.29, 0.717) is 11.4 Å². The molecule has 1 atom stereocenters. The van der Waals surface area contributed by atoms with Gasteiger partial charge in [0.25, 0.3) is 8.32 Å². The molecule has 1 aromatic carbocycles. The van der Waals surface area contributed by atoms with Crippen molar-refractivity contribution in [2.24, 2.45) is 0 Å². The van der Waals surface area contributed by atoms with Crippen molar-refractivity contribution in [3.63, 3.8) is 0 Å². The molecule has 186 valence electrons. The van der Waals surface area contributed by atoms with E-state index in [2.05, 4.69) is 44.2 Å². The normalized spacial score (nSPS) is 13.1. The Hall–Kier alpha value is -2.87. The van der Waals surface area contributed by atoms with Gasteiger partial charge in [-0.1, -0.05) is 51.1 Å². The van der Waals surface area contributed by atoms with Gasteiger partial charge in [-0.3, -0.25) is 4.98 Å². The number of pyridine rings is 1. The summed E-state index contributed by atoms with van der Waals surface area (Å²) in [5.41, 5.74) is 0.793. The van der Waals surface area contributed by atoms with E-state index >= 15 is 0 Å². The van der Waals surface area contributed by atoms with E-state index in [-0.39, 0.29) is 18.1 Å². The summed E-state index contributed by atoms with van der Waals surface area (Å²) in [6.07, 6.45) is 1.13. The van der Waals surface area contributed by atoms with Gasteiger partial charge in [0.15, 0.2) is 0 Å². The average Bonchev–Trinajstić information content (AvgIpc) is 2.71. The number of carbonyl (C=O) groups excluding carboxylic acids is 2. The molecule has 1 N–H and O–H groups in total. The molecule has 2 rings (SSSR count). The van der Waals surface area contributed by atoms with Crippen molar-refractivity contribution >= 4 is 20.4 Å². The second-order valence-corrected chi connectivity index (χ2v) is 15.6. The van der Waals surface area contributed by atoms with E-state index in [1.807, 2.05) is 36.4 Å². The zero-order valence-corrected chi connectivity index (χ0v) is 22.6. The van der Waals surface area contributed by atoms with Gasteiger partial charge >= 0.3 is 12.1 Å². The first-order valence-electron chi connectivity index (χ1n) is 11.5. The van der Waals surface area contributed by atoms with Gasteiger partial charge < -0.3 is 19.2 Å². The lowest BCUT2D eigenvalue weighted by molar-refractivity contribution is -0.147. The molecule has 0 fully saturated rings. The molecule has 0 aliphatic carbocycles. The molecular weight excluding hydrogens is 448 g/mol. The van der Waals surface area contributed by atoms with Crippen LogP contribution in [0.3, 0.4) is 0 Å². The zero-order valence-electron chi connectivity index (χ0n) is 21.6. The second-order valence-electron chi connectivity index (χ2n) is 10.8. The van der Waals surface area contributed by atoms with Gasteiger partial charge in [0.2, 0.25) is 0 Å². The average molecular weight is 487 g/mol. The lowest BCUT2D eigenvalue weighted by Crippen LogP contribution is -2.45. The van der Waals surface area contributed by atoms with Gasteiger partial charge in [-0.25, -0.2) is 9.59 Å². The van der Waals surface area contributed by atoms with E-state index in [1.165, 1.54) is 0 Å². The van der Waals surface area contributed by atoms with Crippen molar-refractivity contribution in [2.45, 2.75) is 84.3 Å². The summed E-state index contributed by atoms with van der Waals surface area (Å²) in [4.78, 5) is 29.7. The Morgan fingerprint density at radius 2 is 1.65 bits per heavy atom. The number of amides is 1. The van der Waals surface area contributed by atoms with Crippen LogP contribution >= 0.6 is 0 Å². The monoisotopic (exact) mass is 486 g/mol. The number of hydrogen-bond acceptors (Lipinski definition) is 6. The molecule has 1 aromatic heterocycles. The van der Waals surface area contributed by atoms with Crippen LogP contribution in [0.5, 0.6) is 5.75 Å². The summed E-state index contributed by atoms with van der Waals surface area (Å²) in [6, 6.07) is 12.1. The highest BCUT2D eigenvalue weighted by atomic mass is 28.4. The van der Waals surface area contributed by atoms with Crippen LogP contribution in [-0.2, 0) is 27.3 Å². The molecule has 7 nitrogen and oxygen atoms in total. The third-order valence-electron chi connectivity index (χ3n) is 5.59. The van der Waals surface area contributed by atoms with E-state index < -0.39 is 32.0 Å². The van der Waals surface area contributed by atoms with Crippen molar-refractivity contribution in [2.75, 3.05) is 0 Å². The predicted octanol–water partition coefficient (Wildman–Crippen LogP) is 5.64. The van der Waals surface area contributed by atoms with Crippen molar-refractivity contribution in [1.82, 2.24) is 10.3 Å². The van der Waals surface area contributed by atoms with Crippen LogP contribution in [0.1, 0.15) is 52.8 Å². The zero-order chi connectivity index (χ0) is 25.6. The SMILES string of the molecule is CC(C)(C)OC(=O)N[C@@H](Cc1ccc(O[Si](C)(C)C(C)(C)C)cn1)C(=O)OCc1ccccc1. The molecule has 0 aliphatic heterocycles. The van der Waals surface area contributed by atoms with Crippen LogP contribution in [0.25, 0.3) is 0 Å². The molecule has 8 heteroatoms. The maximum absolute atomic E-state index is 12.8. The van der Waals surface area contributed by atoms with E-state index in [9.17, 15) is 9.59 Å². The fraction of sp³-hybridized carbons (Fsp3) is 0.500. The molecule has 0 radical (unpaired) electrons. The third kappa shape index (κ3) is 8.82. The molecule has 1 heterocycles. The number of esters is 1. The molecule has 0 saturated heterocycles. The predicted molar refractivity (Wildman–Crippen MR) is 135 cm³/mol. The first kappa shape index (κ1) is 27.4. The van der Waals surface area contributed by atoms with Crippen molar-refractivity contribution in [3.05, 3.63) is 59.9 Å². The summed E-state index contributed by atoms with van der Waals surface area (Å²) in [5, 5.41) is 2.70. The summed E-state index contributed by atoms with van der Waals surface area (Å²) in [5.74, 6) is 0.136. The molecule has 0 aliphatic rings. The first-order valence-corrected chi connectivity index (χ1v) is 14.4. The van der Waals surface area contributed by atoms with E-state index in [1.54, 1.807) is 33.0 Å². The summed E-state index contributed by atoms with van der Waals surface area (Å²) in [6.45, 7) is 16.3. The number of rotatable bonds is 8.